The number of carbonyl (C=O) groups is 4. The molecule has 0 spiro atoms. The van der Waals surface area contributed by atoms with Crippen molar-refractivity contribution >= 4 is 74.9 Å². The molecule has 19 heteroatoms. The van der Waals surface area contributed by atoms with Crippen LogP contribution in [0.3, 0.4) is 0 Å². The molecule has 0 amide bonds. The molecule has 99 heavy (non-hydrogen) atoms. The van der Waals surface area contributed by atoms with Gasteiger partial charge in [0.05, 0.1) is 72.9 Å². The van der Waals surface area contributed by atoms with Crippen molar-refractivity contribution in [1.82, 2.24) is 0 Å². The van der Waals surface area contributed by atoms with Crippen molar-refractivity contribution in [2.75, 3.05) is 14.2 Å². The van der Waals surface area contributed by atoms with E-state index >= 15 is 4.39 Å². The lowest BCUT2D eigenvalue weighted by atomic mass is 9.88. The maximum atomic E-state index is 15.4. The minimum Gasteiger partial charge on any atom is -0.465 e. The van der Waals surface area contributed by atoms with E-state index in [0.717, 1.165) is 60.8 Å². The van der Waals surface area contributed by atoms with Crippen LogP contribution in [0.4, 0.5) is 13.2 Å². The summed E-state index contributed by atoms with van der Waals surface area (Å²) in [4.78, 5) is 48.0. The molecule has 534 valence electrons. The van der Waals surface area contributed by atoms with Gasteiger partial charge >= 0.3 is 11.9 Å². The van der Waals surface area contributed by atoms with E-state index < -0.39 is 40.1 Å². The van der Waals surface area contributed by atoms with Gasteiger partial charge in [0.25, 0.3) is 0 Å². The molecule has 0 aromatic heterocycles. The number of aliphatic hydroxyl groups is 2. The van der Waals surface area contributed by atoms with Gasteiger partial charge in [-0.3, -0.25) is 9.59 Å². The van der Waals surface area contributed by atoms with Crippen molar-refractivity contribution in [2.45, 2.75) is 187 Å². The highest BCUT2D eigenvalue weighted by molar-refractivity contribution is 6.74. The van der Waals surface area contributed by atoms with Crippen molar-refractivity contribution in [2.24, 2.45) is 23.5 Å². The number of methoxy groups -OCH3 is 2. The van der Waals surface area contributed by atoms with E-state index in [1.54, 1.807) is 97.1 Å². The van der Waals surface area contributed by atoms with Crippen LogP contribution in [0.5, 0.6) is 0 Å². The van der Waals surface area contributed by atoms with Crippen LogP contribution >= 0.6 is 34.8 Å². The van der Waals surface area contributed by atoms with E-state index in [2.05, 4.69) is 91.1 Å². The second-order valence-corrected chi connectivity index (χ2v) is 39.6. The van der Waals surface area contributed by atoms with Crippen molar-refractivity contribution in [3.05, 3.63) is 244 Å². The Bertz CT molecular complexity index is 3830. The number of carbonyl (C=O) groups excluding carboxylic acids is 4. The van der Waals surface area contributed by atoms with Gasteiger partial charge in [0.1, 0.15) is 17.5 Å². The molecule has 0 bridgehead atoms. The van der Waals surface area contributed by atoms with Crippen molar-refractivity contribution in [3.63, 3.8) is 0 Å². The zero-order chi connectivity index (χ0) is 73.3. The number of ketones is 2. The van der Waals surface area contributed by atoms with E-state index in [4.69, 9.17) is 59.6 Å². The Kier molecular flexibility index (Phi) is 30.1. The van der Waals surface area contributed by atoms with Crippen LogP contribution in [0, 0.1) is 35.2 Å². The van der Waals surface area contributed by atoms with Crippen LogP contribution < -0.4 is 5.73 Å². The largest absolute Gasteiger partial charge is 0.465 e. The molecular formula is C80H99Cl3F3NO10Si2. The summed E-state index contributed by atoms with van der Waals surface area (Å²) < 4.78 is 65.4. The molecule has 0 unspecified atom stereocenters. The third-order valence-electron chi connectivity index (χ3n) is 19.6. The Balaban J connectivity index is 0.000000203. The second-order valence-electron chi connectivity index (χ2n) is 28.7. The Morgan fingerprint density at radius 1 is 0.485 bits per heavy atom. The third kappa shape index (κ3) is 22.9. The number of hydrogen-bond acceptors (Lipinski definition) is 11. The summed E-state index contributed by atoms with van der Waals surface area (Å²) in [5, 5.41) is 18.8. The summed E-state index contributed by atoms with van der Waals surface area (Å²) in [6, 6.07) is 38.7. The first kappa shape index (κ1) is 81.7. The second kappa shape index (κ2) is 36.5. The smallest absolute Gasteiger partial charge is 0.337 e. The number of rotatable bonds is 22. The van der Waals surface area contributed by atoms with E-state index in [9.17, 15) is 28.0 Å². The molecule has 7 aromatic carbocycles. The zero-order valence-corrected chi connectivity index (χ0v) is 64.0. The van der Waals surface area contributed by atoms with E-state index in [0.29, 0.717) is 74.9 Å². The van der Waals surface area contributed by atoms with Crippen LogP contribution in [0.15, 0.2) is 140 Å². The van der Waals surface area contributed by atoms with Gasteiger partial charge in [-0.15, -0.1) is 0 Å². The van der Waals surface area contributed by atoms with Crippen LogP contribution in [0.2, 0.25) is 51.3 Å². The maximum Gasteiger partial charge on any atom is 0.337 e. The Labute approximate surface area is 601 Å². The first-order chi connectivity index (χ1) is 46.6. The molecule has 3 saturated carbocycles. The highest BCUT2D eigenvalue weighted by Gasteiger charge is 2.39. The number of nitrogens with two attached hydrogens (primary N) is 1. The SMILES string of the molecule is CC[C@@H](c1ccc(Cl)c(C(=O)c2ccc(CO[Si](C)(C)C(C)(C)C)cc2)c1F)C1CC1.CC[C@@H](c1ccc(Cl)cc1F)C1CC1.COC(=O)c1ccc(CO)cc1.COC(=O)c1ccc(CO[Si](C)(C)C(C)(C)C)cc1.N[C@@H](c1ccc(Cl)c(C(=O)c2ccc(CO)cc2)c1F)C1CC1. The standard InChI is InChI=1S/C26H34ClFO2Si.C18H17ClFNO2.C15H24O3Si.C12H14ClF.C9H10O3/c1-7-20(18-12-13-18)21-14-15-22(27)23(24(21)28)25(29)19-10-8-17(9-11-19)16-30-31(5,6)26(2,3)4;19-14-8-7-13(17(21)11-5-6-11)16(20)15(14)18(23)12-3-1-10(9-22)2-4-12;1-15(2,3)19(5,6)18-11-12-7-9-13(10-8-12)14(16)17-4;1-2-10(8-3-4-8)11-6-5-9(13)7-12(11)14;1-12-9(11)8-4-2-7(6-10)3-5-8/h8-11,14-15,18,20H,7,12-13,16H2,1-6H3;1-4,7-8,11,17,22H,5-6,9,21H2;7-10H,11H2,1-6H3;5-8,10H,2-4H2,1H3;2-5,10H,6H2,1H3/t20-;17-;;10-;/m11.1./s1. The molecule has 7 aromatic rings. The normalized spacial score (nSPS) is 14.6. The first-order valence-electron chi connectivity index (χ1n) is 33.9. The van der Waals surface area contributed by atoms with Crippen LogP contribution in [0.1, 0.15) is 216 Å². The van der Waals surface area contributed by atoms with E-state index in [1.165, 1.54) is 39.2 Å². The topological polar surface area (TPSA) is 172 Å². The molecule has 0 heterocycles. The molecule has 3 fully saturated rings. The molecule has 11 nitrogen and oxygen atoms in total. The maximum absolute atomic E-state index is 15.4. The summed E-state index contributed by atoms with van der Waals surface area (Å²) in [7, 11) is -0.850. The fraction of sp³-hybridized carbons (Fsp3) is 0.425. The average molecular weight is 1450 g/mol. The lowest BCUT2D eigenvalue weighted by Crippen LogP contribution is -2.40. The highest BCUT2D eigenvalue weighted by Crippen LogP contribution is 2.48. The molecule has 10 rings (SSSR count). The van der Waals surface area contributed by atoms with Crippen molar-refractivity contribution in [3.8, 4) is 0 Å². The van der Waals surface area contributed by atoms with E-state index in [-0.39, 0.29) is 79.8 Å². The van der Waals surface area contributed by atoms with Crippen LogP contribution in [-0.2, 0) is 44.8 Å². The fourth-order valence-electron chi connectivity index (χ4n) is 10.7. The summed E-state index contributed by atoms with van der Waals surface area (Å²) in [5.41, 5.74) is 13.1. The Morgan fingerprint density at radius 3 is 1.13 bits per heavy atom. The van der Waals surface area contributed by atoms with Crippen LogP contribution in [0.25, 0.3) is 0 Å². The molecule has 0 aliphatic heterocycles. The van der Waals surface area contributed by atoms with Gasteiger partial charge in [0.2, 0.25) is 0 Å². The lowest BCUT2D eigenvalue weighted by Gasteiger charge is -2.36. The van der Waals surface area contributed by atoms with Gasteiger partial charge in [-0.05, 0) is 199 Å². The molecule has 3 aliphatic carbocycles. The number of aliphatic hydroxyl groups excluding tert-OH is 2. The Morgan fingerprint density at radius 2 is 0.808 bits per heavy atom. The molecule has 4 N–H and O–H groups in total. The van der Waals surface area contributed by atoms with Crippen LogP contribution in [-0.4, -0.2) is 64.6 Å². The first-order valence-corrected chi connectivity index (χ1v) is 40.9. The third-order valence-corrected chi connectivity index (χ3v) is 29.4. The Hall–Kier alpha value is -6.29. The number of hydrogen-bond donors (Lipinski definition) is 3. The number of ether oxygens (including phenoxy) is 2. The summed E-state index contributed by atoms with van der Waals surface area (Å²) in [6.45, 7) is 27.4. The van der Waals surface area contributed by atoms with E-state index in [1.807, 2.05) is 30.3 Å². The number of benzene rings is 7. The van der Waals surface area contributed by atoms with Gasteiger partial charge in [-0.1, -0.05) is 181 Å². The lowest BCUT2D eigenvalue weighted by molar-refractivity contribution is 0.0592. The minimum atomic E-state index is -1.85. The summed E-state index contributed by atoms with van der Waals surface area (Å²) in [6.07, 6.45) is 8.60. The predicted octanol–water partition coefficient (Wildman–Crippen LogP) is 21.1. The quantitative estimate of drug-likeness (QED) is 0.0335. The zero-order valence-electron chi connectivity index (χ0n) is 59.7. The highest BCUT2D eigenvalue weighted by atomic mass is 35.5. The number of esters is 2. The van der Waals surface area contributed by atoms with Crippen molar-refractivity contribution in [1.29, 1.82) is 0 Å². The molecule has 3 atom stereocenters. The fourth-order valence-corrected chi connectivity index (χ4v) is 13.2. The molecule has 0 radical (unpaired) electrons. The molecule has 3 aliphatic rings. The monoisotopic (exact) mass is 1450 g/mol. The minimum absolute atomic E-state index is 0.0106. The van der Waals surface area contributed by atoms with Crippen molar-refractivity contribution < 1.29 is 60.9 Å². The van der Waals surface area contributed by atoms with Gasteiger partial charge in [-0.25, -0.2) is 22.8 Å². The number of halogens is 6. The molecular weight excluding hydrogens is 1350 g/mol. The average Bonchev–Trinajstić information content (AvgIpc) is 1.75. The van der Waals surface area contributed by atoms with Gasteiger partial charge in [-0.2, -0.15) is 0 Å². The summed E-state index contributed by atoms with van der Waals surface area (Å²) >= 11 is 18.1. The summed E-state index contributed by atoms with van der Waals surface area (Å²) in [5.74, 6) is -0.709. The van der Waals surface area contributed by atoms with Gasteiger partial charge in [0.15, 0.2) is 28.2 Å². The van der Waals surface area contributed by atoms with Gasteiger partial charge < -0.3 is 34.3 Å². The van der Waals surface area contributed by atoms with Gasteiger partial charge in [0, 0.05) is 27.8 Å². The predicted molar refractivity (Wildman–Crippen MR) is 397 cm³/mol. The molecule has 0 saturated heterocycles.